The summed E-state index contributed by atoms with van der Waals surface area (Å²) in [5, 5.41) is 16.2. The highest BCUT2D eigenvalue weighted by Crippen LogP contribution is 2.38. The van der Waals surface area contributed by atoms with Crippen molar-refractivity contribution in [2.24, 2.45) is 0 Å². The molecule has 0 aromatic heterocycles. The van der Waals surface area contributed by atoms with Crippen LogP contribution < -0.4 is 15.4 Å². The van der Waals surface area contributed by atoms with E-state index in [1.807, 2.05) is 0 Å². The van der Waals surface area contributed by atoms with Gasteiger partial charge in [0, 0.05) is 101 Å². The number of ether oxygens (including phenoxy) is 4. The number of amides is 2. The molecule has 3 rings (SSSR count). The maximum Gasteiger partial charge on any atom is 0.514 e. The molecule has 2 aromatic rings. The van der Waals surface area contributed by atoms with Crippen LogP contribution in [0.4, 0.5) is 21.0 Å². The van der Waals surface area contributed by atoms with Crippen molar-refractivity contribution in [3.63, 3.8) is 0 Å². The van der Waals surface area contributed by atoms with Crippen LogP contribution in [-0.4, -0.2) is 88.2 Å². The molecule has 20 heteroatoms. The topological polar surface area (TPSA) is 258 Å². The summed E-state index contributed by atoms with van der Waals surface area (Å²) in [6, 6.07) is 11.5. The van der Waals surface area contributed by atoms with Crippen LogP contribution in [0.1, 0.15) is 108 Å². The smallest absolute Gasteiger partial charge is 0.461 e. The van der Waals surface area contributed by atoms with E-state index < -0.39 is 23.1 Å². The molecule has 1 fully saturated rings. The van der Waals surface area contributed by atoms with E-state index in [1.165, 1.54) is 41.1 Å². The summed E-state index contributed by atoms with van der Waals surface area (Å²) in [6.07, 6.45) is 2.86. The van der Waals surface area contributed by atoms with Crippen LogP contribution in [0.15, 0.2) is 61.2 Å². The van der Waals surface area contributed by atoms with Gasteiger partial charge in [-0.05, 0) is 49.1 Å². The number of Topliss-reactive ketones (excluding diaryl/α,β-unsaturated/α-hetero) is 5. The highest BCUT2D eigenvalue weighted by Gasteiger charge is 2.29. The normalized spacial score (nSPS) is 14.2. The molecule has 2 N–H and O–H groups in total. The Bertz CT molecular complexity index is 1970. The molecule has 0 spiro atoms. The van der Waals surface area contributed by atoms with Gasteiger partial charge in [0.2, 0.25) is 5.91 Å². The molecule has 18 nitrogen and oxygen atoms in total. The van der Waals surface area contributed by atoms with Gasteiger partial charge in [-0.1, -0.05) is 52.8 Å². The molecule has 2 aromatic carbocycles. The zero-order valence-corrected chi connectivity index (χ0v) is 37.7. The van der Waals surface area contributed by atoms with Gasteiger partial charge in [-0.2, -0.15) is 0 Å². The van der Waals surface area contributed by atoms with Crippen LogP contribution in [-0.2, 0) is 54.4 Å². The Hall–Kier alpha value is -5.89. The van der Waals surface area contributed by atoms with E-state index in [4.69, 9.17) is 18.9 Å². The fourth-order valence-corrected chi connectivity index (χ4v) is 8.93. The molecule has 0 bridgehead atoms. The lowest BCUT2D eigenvalue weighted by Gasteiger charge is -2.30. The zero-order valence-electron chi connectivity index (χ0n) is 36.1. The van der Waals surface area contributed by atoms with Crippen LogP contribution in [0.25, 0.3) is 0 Å². The molecule has 1 aliphatic carbocycles. The average molecular weight is 942 g/mol. The zero-order chi connectivity index (χ0) is 47.4. The predicted molar refractivity (Wildman–Crippen MR) is 241 cm³/mol. The third kappa shape index (κ3) is 23.6. The second-order valence-corrected chi connectivity index (χ2v) is 17.6. The van der Waals surface area contributed by atoms with Crippen LogP contribution in [0, 0.1) is 10.1 Å². The molecular weight excluding hydrogens is 887 g/mol. The van der Waals surface area contributed by atoms with E-state index in [0.29, 0.717) is 23.4 Å². The number of benzene rings is 2. The Kier molecular flexibility index (Phi) is 24.9. The number of nitrogens with zero attached hydrogens (tertiary/aromatic N) is 1. The largest absolute Gasteiger partial charge is 0.514 e. The molecule has 1 saturated carbocycles. The van der Waals surface area contributed by atoms with Gasteiger partial charge in [-0.3, -0.25) is 49.0 Å². The van der Waals surface area contributed by atoms with E-state index in [-0.39, 0.29) is 154 Å². The quantitative estimate of drug-likeness (QED) is 0.0106. The van der Waals surface area contributed by atoms with Crippen LogP contribution in [0.2, 0.25) is 0 Å². The van der Waals surface area contributed by atoms with Crippen molar-refractivity contribution < 1.29 is 67.0 Å². The molecular formula is C45H55N3O15S2. The Labute approximate surface area is 384 Å². The lowest BCUT2D eigenvalue weighted by Crippen LogP contribution is -2.33. The van der Waals surface area contributed by atoms with Crippen molar-refractivity contribution in [1.82, 2.24) is 5.32 Å². The number of hydrogen-bond acceptors (Lipinski definition) is 17. The summed E-state index contributed by atoms with van der Waals surface area (Å²) in [7, 11) is 3.07. The highest BCUT2D eigenvalue weighted by molar-refractivity contribution is 8.77. The summed E-state index contributed by atoms with van der Waals surface area (Å²) in [5.74, 6) is -1.36. The first kappa shape index (κ1) is 53.4. The van der Waals surface area contributed by atoms with Crippen molar-refractivity contribution in [3.8, 4) is 5.75 Å². The summed E-state index contributed by atoms with van der Waals surface area (Å²) >= 11 is 0. The van der Waals surface area contributed by atoms with Gasteiger partial charge < -0.3 is 24.3 Å². The van der Waals surface area contributed by atoms with E-state index in [1.54, 1.807) is 35.1 Å². The first-order valence-electron chi connectivity index (χ1n) is 21.3. The lowest BCUT2D eigenvalue weighted by molar-refractivity contribution is -0.384. The van der Waals surface area contributed by atoms with Crippen LogP contribution in [0.3, 0.4) is 0 Å². The summed E-state index contributed by atoms with van der Waals surface area (Å²) < 4.78 is 20.7. The van der Waals surface area contributed by atoms with Crippen molar-refractivity contribution in [1.29, 1.82) is 0 Å². The maximum absolute atomic E-state index is 12.8. The number of nitrogens with one attached hydrogen (secondary N) is 2. The molecule has 352 valence electrons. The first-order valence-corrected chi connectivity index (χ1v) is 23.6. The molecule has 0 aliphatic heterocycles. The van der Waals surface area contributed by atoms with E-state index >= 15 is 0 Å². The molecule has 0 saturated heterocycles. The summed E-state index contributed by atoms with van der Waals surface area (Å²) in [5.41, 5.74) is 0.947. The SMILES string of the molecule is C=CCOC(=O)CCC(=O)CCC(=O)CCC(=O)CCC(=O)CCC(=O)CCNC(=O)CCSS[C@H]1CCCC[C@@H]1OC(=O)Nc1ccc(COC(=O)Oc2ccc([N+](=O)[O-])cc2)cc1. The maximum atomic E-state index is 12.8. The number of non-ortho nitro benzene ring substituents is 1. The number of rotatable bonds is 31. The van der Waals surface area contributed by atoms with Gasteiger partial charge in [0.1, 0.15) is 54.0 Å². The number of anilines is 1. The van der Waals surface area contributed by atoms with E-state index in [0.717, 1.165) is 19.3 Å². The van der Waals surface area contributed by atoms with Crippen molar-refractivity contribution in [2.75, 3.05) is 24.2 Å². The fourth-order valence-electron chi connectivity index (χ4n) is 6.09. The van der Waals surface area contributed by atoms with Gasteiger partial charge in [0.25, 0.3) is 5.69 Å². The van der Waals surface area contributed by atoms with Gasteiger partial charge in [0.15, 0.2) is 0 Å². The molecule has 2 amide bonds. The Balaban J connectivity index is 1.20. The number of esters is 1. The van der Waals surface area contributed by atoms with Crippen LogP contribution in [0.5, 0.6) is 5.75 Å². The summed E-state index contributed by atoms with van der Waals surface area (Å²) in [4.78, 5) is 120. The number of nitro groups is 1. The van der Waals surface area contributed by atoms with Crippen molar-refractivity contribution in [3.05, 3.63) is 76.9 Å². The number of hydrogen-bond donors (Lipinski definition) is 2. The second-order valence-electron chi connectivity index (χ2n) is 14.9. The molecule has 0 radical (unpaired) electrons. The minimum Gasteiger partial charge on any atom is -0.461 e. The fraction of sp³-hybridized carbons (Fsp3) is 0.489. The third-order valence-corrected chi connectivity index (χ3v) is 12.7. The molecule has 0 unspecified atom stereocenters. The first-order chi connectivity index (χ1) is 31.2. The van der Waals surface area contributed by atoms with E-state index in [9.17, 15) is 53.3 Å². The average Bonchev–Trinajstić information content (AvgIpc) is 3.29. The number of nitro benzene ring substituents is 1. The van der Waals surface area contributed by atoms with Gasteiger partial charge in [-0.15, -0.1) is 0 Å². The molecule has 1 aliphatic rings. The Morgan fingerprint density at radius 3 is 1.83 bits per heavy atom. The Morgan fingerprint density at radius 2 is 1.26 bits per heavy atom. The van der Waals surface area contributed by atoms with E-state index in [2.05, 4.69) is 17.2 Å². The minimum absolute atomic E-state index is 0.00581. The predicted octanol–water partition coefficient (Wildman–Crippen LogP) is 7.92. The number of carbonyl (C=O) groups is 9. The molecule has 0 heterocycles. The molecule has 2 atom stereocenters. The van der Waals surface area contributed by atoms with Crippen molar-refractivity contribution in [2.45, 2.75) is 121 Å². The monoisotopic (exact) mass is 941 g/mol. The van der Waals surface area contributed by atoms with Gasteiger partial charge in [0.05, 0.1) is 16.6 Å². The number of carbonyl (C=O) groups excluding carboxylic acids is 9. The standard InChI is InChI=1S/C45H55N3O15S2/c1-2-28-60-43(55)24-21-37(52)18-17-35(50)14-13-34(49)15-16-36(51)19-20-38(53)25-27-46-42(54)26-29-64-65-41-6-4-3-5-40(41)63-44(56)47-32-9-7-31(8-10-32)30-61-45(57)62-39-22-11-33(12-23-39)48(58)59/h2,7-12,22-23,40-41H,1,3-6,13-21,24-30H2,(H,46,54)(H,47,56)/t40-,41-/m0/s1. The highest BCUT2D eigenvalue weighted by atomic mass is 33.1. The Morgan fingerprint density at radius 1 is 0.708 bits per heavy atom. The summed E-state index contributed by atoms with van der Waals surface area (Å²) in [6.45, 7) is 3.51. The lowest BCUT2D eigenvalue weighted by atomic mass is 9.97. The number of ketones is 5. The van der Waals surface area contributed by atoms with Crippen LogP contribution >= 0.6 is 21.6 Å². The second kappa shape index (κ2) is 30.3. The van der Waals surface area contributed by atoms with Crippen molar-refractivity contribution >= 4 is 86.0 Å². The minimum atomic E-state index is -0.987. The molecule has 65 heavy (non-hydrogen) atoms. The van der Waals surface area contributed by atoms with Gasteiger partial charge in [-0.25, -0.2) is 9.59 Å². The van der Waals surface area contributed by atoms with Gasteiger partial charge >= 0.3 is 18.2 Å². The third-order valence-electron chi connectivity index (χ3n) is 9.74.